The zero-order valence-electron chi connectivity index (χ0n) is 10.7. The van der Waals surface area contributed by atoms with E-state index in [4.69, 9.17) is 17.3 Å². The van der Waals surface area contributed by atoms with Crippen molar-refractivity contribution in [3.8, 4) is 0 Å². The van der Waals surface area contributed by atoms with Crippen molar-refractivity contribution in [2.24, 2.45) is 0 Å². The van der Waals surface area contributed by atoms with Crippen LogP contribution in [0.3, 0.4) is 0 Å². The van der Waals surface area contributed by atoms with Crippen molar-refractivity contribution in [3.05, 3.63) is 53.1 Å². The quantitative estimate of drug-likeness (QED) is 0.836. The Bertz CT molecular complexity index is 514. The molecule has 0 amide bonds. The number of para-hydroxylation sites is 1. The summed E-state index contributed by atoms with van der Waals surface area (Å²) in [7, 11) is 1.97. The summed E-state index contributed by atoms with van der Waals surface area (Å²) in [6.45, 7) is 2.14. The molecule has 0 fully saturated rings. The third-order valence-electron chi connectivity index (χ3n) is 3.09. The van der Waals surface area contributed by atoms with Crippen LogP contribution in [0.2, 0.25) is 5.02 Å². The smallest absolute Gasteiger partial charge is 0.0830 e. The van der Waals surface area contributed by atoms with Crippen LogP contribution < -0.4 is 10.6 Å². The number of halogens is 1. The molecule has 0 unspecified atom stereocenters. The van der Waals surface area contributed by atoms with Gasteiger partial charge in [-0.1, -0.05) is 36.7 Å². The van der Waals surface area contributed by atoms with E-state index in [1.54, 1.807) is 0 Å². The lowest BCUT2D eigenvalue weighted by molar-refractivity contribution is 1.13. The highest BCUT2D eigenvalue weighted by molar-refractivity contribution is 6.34. The lowest BCUT2D eigenvalue weighted by Gasteiger charge is -2.22. The summed E-state index contributed by atoms with van der Waals surface area (Å²) in [5, 5.41) is 0.664. The second kappa shape index (κ2) is 5.32. The van der Waals surface area contributed by atoms with Gasteiger partial charge in [0.25, 0.3) is 0 Å². The molecule has 0 saturated carbocycles. The van der Waals surface area contributed by atoms with Gasteiger partial charge >= 0.3 is 0 Å². The summed E-state index contributed by atoms with van der Waals surface area (Å²) in [5.74, 6) is 0. The Hall–Kier alpha value is -1.67. The molecule has 0 aliphatic carbocycles. The van der Waals surface area contributed by atoms with Gasteiger partial charge in [-0.05, 0) is 36.2 Å². The first-order valence-electron chi connectivity index (χ1n) is 6.00. The van der Waals surface area contributed by atoms with Crippen molar-refractivity contribution in [1.82, 2.24) is 0 Å². The summed E-state index contributed by atoms with van der Waals surface area (Å²) in [5.41, 5.74) is 9.92. The third kappa shape index (κ3) is 2.44. The first-order valence-corrected chi connectivity index (χ1v) is 6.38. The monoisotopic (exact) mass is 260 g/mol. The van der Waals surface area contributed by atoms with Crippen LogP contribution in [0.4, 0.5) is 17.1 Å². The van der Waals surface area contributed by atoms with Gasteiger partial charge < -0.3 is 10.6 Å². The van der Waals surface area contributed by atoms with Crippen LogP contribution in [0.25, 0.3) is 0 Å². The molecule has 18 heavy (non-hydrogen) atoms. The second-order valence-corrected chi connectivity index (χ2v) is 4.66. The highest BCUT2D eigenvalue weighted by Gasteiger charge is 2.11. The number of anilines is 3. The third-order valence-corrected chi connectivity index (χ3v) is 3.39. The molecule has 0 spiro atoms. The Kier molecular flexibility index (Phi) is 3.78. The summed E-state index contributed by atoms with van der Waals surface area (Å²) in [4.78, 5) is 2.01. The van der Waals surface area contributed by atoms with Crippen LogP contribution in [0.15, 0.2) is 42.5 Å². The van der Waals surface area contributed by atoms with Crippen LogP contribution >= 0.6 is 11.6 Å². The maximum Gasteiger partial charge on any atom is 0.0830 e. The zero-order valence-corrected chi connectivity index (χ0v) is 11.4. The van der Waals surface area contributed by atoms with Crippen molar-refractivity contribution < 1.29 is 0 Å². The lowest BCUT2D eigenvalue weighted by atomic mass is 10.1. The Morgan fingerprint density at radius 1 is 1.11 bits per heavy atom. The molecule has 0 heterocycles. The lowest BCUT2D eigenvalue weighted by Crippen LogP contribution is -2.12. The maximum atomic E-state index is 6.21. The number of nitrogens with zero attached hydrogens (tertiary/aromatic N) is 1. The molecular formula is C15H17ClN2. The van der Waals surface area contributed by atoms with Gasteiger partial charge in [-0.15, -0.1) is 0 Å². The first-order chi connectivity index (χ1) is 8.63. The predicted octanol–water partition coefficient (Wildman–Crippen LogP) is 4.25. The van der Waals surface area contributed by atoms with Gasteiger partial charge in [0.05, 0.1) is 16.4 Å². The molecule has 0 saturated heterocycles. The molecule has 3 heteroatoms. The zero-order chi connectivity index (χ0) is 13.1. The molecule has 0 radical (unpaired) electrons. The Morgan fingerprint density at radius 2 is 1.78 bits per heavy atom. The van der Waals surface area contributed by atoms with Crippen LogP contribution in [0, 0.1) is 0 Å². The number of hydrogen-bond donors (Lipinski definition) is 1. The van der Waals surface area contributed by atoms with E-state index in [0.29, 0.717) is 10.7 Å². The summed E-state index contributed by atoms with van der Waals surface area (Å²) >= 11 is 6.21. The summed E-state index contributed by atoms with van der Waals surface area (Å²) in [6.07, 6.45) is 1.04. The van der Waals surface area contributed by atoms with E-state index < -0.39 is 0 Å². The number of benzene rings is 2. The molecule has 94 valence electrons. The van der Waals surface area contributed by atoms with E-state index in [1.807, 2.05) is 30.1 Å². The van der Waals surface area contributed by atoms with E-state index in [2.05, 4.69) is 31.2 Å². The van der Waals surface area contributed by atoms with Crippen molar-refractivity contribution in [2.75, 3.05) is 17.7 Å². The summed E-state index contributed by atoms with van der Waals surface area (Å²) < 4.78 is 0. The molecule has 2 rings (SSSR count). The molecule has 0 aromatic heterocycles. The summed E-state index contributed by atoms with van der Waals surface area (Å²) in [6, 6.07) is 14.0. The molecule has 0 bridgehead atoms. The number of rotatable bonds is 3. The van der Waals surface area contributed by atoms with Gasteiger partial charge in [0.2, 0.25) is 0 Å². The van der Waals surface area contributed by atoms with Gasteiger partial charge in [-0.3, -0.25) is 0 Å². The van der Waals surface area contributed by atoms with Crippen molar-refractivity contribution >= 4 is 28.7 Å². The van der Waals surface area contributed by atoms with E-state index in [9.17, 15) is 0 Å². The fraction of sp³-hybridized carbons (Fsp3) is 0.200. The number of nitrogens with two attached hydrogens (primary N) is 1. The van der Waals surface area contributed by atoms with Crippen molar-refractivity contribution in [3.63, 3.8) is 0 Å². The van der Waals surface area contributed by atoms with Crippen LogP contribution in [-0.2, 0) is 6.42 Å². The normalized spacial score (nSPS) is 10.4. The van der Waals surface area contributed by atoms with Crippen molar-refractivity contribution in [1.29, 1.82) is 0 Å². The molecule has 2 N–H and O–H groups in total. The molecule has 0 aliphatic heterocycles. The molecule has 0 atom stereocenters. The number of nitrogen functional groups attached to an aromatic ring is 1. The Labute approximate surface area is 113 Å². The molecule has 2 nitrogen and oxygen atoms in total. The Balaban J connectivity index is 2.38. The minimum Gasteiger partial charge on any atom is -0.397 e. The minimum absolute atomic E-state index is 0.664. The number of hydrogen-bond acceptors (Lipinski definition) is 2. The predicted molar refractivity (Wildman–Crippen MR) is 79.7 cm³/mol. The largest absolute Gasteiger partial charge is 0.397 e. The van der Waals surface area contributed by atoms with Crippen LogP contribution in [0.5, 0.6) is 0 Å². The van der Waals surface area contributed by atoms with Crippen LogP contribution in [0.1, 0.15) is 12.5 Å². The molecule has 2 aromatic rings. The maximum absolute atomic E-state index is 6.21. The van der Waals surface area contributed by atoms with Crippen LogP contribution in [-0.4, -0.2) is 7.05 Å². The fourth-order valence-electron chi connectivity index (χ4n) is 1.97. The topological polar surface area (TPSA) is 29.3 Å². The fourth-order valence-corrected chi connectivity index (χ4v) is 2.28. The minimum atomic E-state index is 0.664. The van der Waals surface area contributed by atoms with Gasteiger partial charge in [0, 0.05) is 12.7 Å². The standard InChI is InChI=1S/C15H17ClN2/c1-3-11-7-9-12(10-8-11)18(2)15-13(16)5-4-6-14(15)17/h4-10H,3,17H2,1-2H3. The molecular weight excluding hydrogens is 244 g/mol. The second-order valence-electron chi connectivity index (χ2n) is 4.26. The number of aryl methyl sites for hydroxylation is 1. The van der Waals surface area contributed by atoms with Crippen molar-refractivity contribution in [2.45, 2.75) is 13.3 Å². The first kappa shape index (κ1) is 12.8. The van der Waals surface area contributed by atoms with E-state index >= 15 is 0 Å². The average molecular weight is 261 g/mol. The average Bonchev–Trinajstić information content (AvgIpc) is 2.38. The van der Waals surface area contributed by atoms with E-state index in [0.717, 1.165) is 17.8 Å². The molecule has 2 aromatic carbocycles. The highest BCUT2D eigenvalue weighted by atomic mass is 35.5. The SMILES string of the molecule is CCc1ccc(N(C)c2c(N)cccc2Cl)cc1. The van der Waals surface area contributed by atoms with E-state index in [1.165, 1.54) is 5.56 Å². The van der Waals surface area contributed by atoms with Gasteiger partial charge in [-0.2, -0.15) is 0 Å². The highest BCUT2D eigenvalue weighted by Crippen LogP contribution is 2.35. The van der Waals surface area contributed by atoms with Gasteiger partial charge in [-0.25, -0.2) is 0 Å². The van der Waals surface area contributed by atoms with Gasteiger partial charge in [0.1, 0.15) is 0 Å². The molecule has 0 aliphatic rings. The van der Waals surface area contributed by atoms with E-state index in [-0.39, 0.29) is 0 Å². The van der Waals surface area contributed by atoms with Gasteiger partial charge in [0.15, 0.2) is 0 Å². The Morgan fingerprint density at radius 3 is 2.33 bits per heavy atom.